The number of hydrogen-bond acceptors (Lipinski definition) is 2. The molecule has 0 aromatic carbocycles. The van der Waals surface area contributed by atoms with Crippen LogP contribution in [0.15, 0.2) is 0 Å². The molecule has 1 unspecified atom stereocenters. The van der Waals surface area contributed by atoms with Gasteiger partial charge in [-0.3, -0.25) is 0 Å². The summed E-state index contributed by atoms with van der Waals surface area (Å²) >= 11 is 0.956. The third-order valence-corrected chi connectivity index (χ3v) is 3.19. The molecule has 0 bridgehead atoms. The first-order chi connectivity index (χ1) is 5.88. The maximum Gasteiger partial charge on any atom is 0.400 e. The number of rotatable bonds is 5. The third kappa shape index (κ3) is 6.21. The zero-order valence-electron chi connectivity index (χ0n) is 7.90. The summed E-state index contributed by atoms with van der Waals surface area (Å²) in [7, 11) is 0. The van der Waals surface area contributed by atoms with Crippen molar-refractivity contribution in [2.45, 2.75) is 31.7 Å². The van der Waals surface area contributed by atoms with E-state index in [1.807, 2.05) is 13.8 Å². The second-order valence-corrected chi connectivity index (χ2v) is 4.57. The fourth-order valence-electron chi connectivity index (χ4n) is 0.801. The molecule has 0 saturated carbocycles. The Morgan fingerprint density at radius 3 is 2.15 bits per heavy atom. The summed E-state index contributed by atoms with van der Waals surface area (Å²) in [5, 5.41) is -1.29. The van der Waals surface area contributed by atoms with Crippen LogP contribution in [0.25, 0.3) is 0 Å². The van der Waals surface area contributed by atoms with E-state index in [9.17, 15) is 13.2 Å². The van der Waals surface area contributed by atoms with Crippen molar-refractivity contribution in [3.63, 3.8) is 0 Å². The topological polar surface area (TPSA) is 26.0 Å². The molecule has 0 aliphatic heterocycles. The fraction of sp³-hybridized carbons (Fsp3) is 1.00. The van der Waals surface area contributed by atoms with Crippen molar-refractivity contribution in [1.29, 1.82) is 0 Å². The molecule has 0 aliphatic carbocycles. The third-order valence-electron chi connectivity index (χ3n) is 1.42. The van der Waals surface area contributed by atoms with Crippen molar-refractivity contribution in [2.24, 2.45) is 11.7 Å². The summed E-state index contributed by atoms with van der Waals surface area (Å²) in [6, 6.07) is 0. The first kappa shape index (κ1) is 13.1. The zero-order valence-corrected chi connectivity index (χ0v) is 8.71. The van der Waals surface area contributed by atoms with Crippen LogP contribution in [0.3, 0.4) is 0 Å². The summed E-state index contributed by atoms with van der Waals surface area (Å²) in [4.78, 5) is 0. The normalized spacial score (nSPS) is 15.0. The average Bonchev–Trinajstić information content (AvgIpc) is 1.95. The van der Waals surface area contributed by atoms with Gasteiger partial charge in [-0.25, -0.2) is 0 Å². The van der Waals surface area contributed by atoms with E-state index < -0.39 is 11.4 Å². The zero-order chi connectivity index (χ0) is 10.5. The van der Waals surface area contributed by atoms with Crippen LogP contribution in [0, 0.1) is 5.92 Å². The molecule has 0 aromatic rings. The van der Waals surface area contributed by atoms with Crippen LogP contribution in [0.5, 0.6) is 0 Å². The molecule has 1 nitrogen and oxygen atoms in total. The van der Waals surface area contributed by atoms with Gasteiger partial charge in [0.05, 0.1) is 0 Å². The van der Waals surface area contributed by atoms with Crippen molar-refractivity contribution in [1.82, 2.24) is 0 Å². The molecule has 0 saturated heterocycles. The quantitative estimate of drug-likeness (QED) is 0.763. The Labute approximate surface area is 81.3 Å². The van der Waals surface area contributed by atoms with E-state index in [1.165, 1.54) is 0 Å². The number of nitrogens with two attached hydrogens (primary N) is 1. The Morgan fingerprint density at radius 2 is 1.85 bits per heavy atom. The molecule has 2 N–H and O–H groups in total. The monoisotopic (exact) mass is 215 g/mol. The van der Waals surface area contributed by atoms with Crippen LogP contribution in [0.4, 0.5) is 13.2 Å². The lowest BCUT2D eigenvalue weighted by molar-refractivity contribution is -0.129. The highest BCUT2D eigenvalue weighted by Crippen LogP contribution is 2.33. The van der Waals surface area contributed by atoms with E-state index in [1.54, 1.807) is 0 Å². The van der Waals surface area contributed by atoms with Crippen LogP contribution < -0.4 is 5.73 Å². The van der Waals surface area contributed by atoms with Crippen molar-refractivity contribution in [3.8, 4) is 0 Å². The van der Waals surface area contributed by atoms with Crippen molar-refractivity contribution in [2.75, 3.05) is 12.3 Å². The van der Waals surface area contributed by atoms with E-state index in [4.69, 9.17) is 5.73 Å². The molecule has 0 rings (SSSR count). The van der Waals surface area contributed by atoms with Gasteiger partial charge in [0.15, 0.2) is 0 Å². The minimum absolute atomic E-state index is 0.0148. The van der Waals surface area contributed by atoms with Gasteiger partial charge in [0.25, 0.3) is 0 Å². The van der Waals surface area contributed by atoms with Gasteiger partial charge < -0.3 is 5.73 Å². The van der Waals surface area contributed by atoms with E-state index in [2.05, 4.69) is 0 Å². The largest absolute Gasteiger partial charge is 0.400 e. The smallest absolute Gasteiger partial charge is 0.330 e. The Balaban J connectivity index is 3.95. The van der Waals surface area contributed by atoms with E-state index in [0.717, 1.165) is 11.8 Å². The minimum atomic E-state index is -4.11. The van der Waals surface area contributed by atoms with Gasteiger partial charge in [0, 0.05) is 0 Å². The lowest BCUT2D eigenvalue weighted by Gasteiger charge is -2.19. The average molecular weight is 215 g/mol. The molecular formula is C8H16F3NS. The maximum absolute atomic E-state index is 12.3. The van der Waals surface area contributed by atoms with Crippen molar-refractivity contribution < 1.29 is 13.2 Å². The van der Waals surface area contributed by atoms with E-state index >= 15 is 0 Å². The van der Waals surface area contributed by atoms with E-state index in [0.29, 0.717) is 5.75 Å². The molecule has 0 aliphatic rings. The summed E-state index contributed by atoms with van der Waals surface area (Å²) in [6.45, 7) is 3.90. The number of halogens is 3. The molecule has 0 spiro atoms. The lowest BCUT2D eigenvalue weighted by atomic mass is 10.3. The molecule has 0 heterocycles. The second-order valence-electron chi connectivity index (χ2n) is 3.33. The van der Waals surface area contributed by atoms with Gasteiger partial charge >= 0.3 is 6.18 Å². The molecule has 0 radical (unpaired) electrons. The standard InChI is InChI=1S/C8H16F3NS/c1-6(2)5-13-7(3-4-12)8(9,10)11/h6-7H,3-5,12H2,1-2H3. The first-order valence-electron chi connectivity index (χ1n) is 4.26. The van der Waals surface area contributed by atoms with Crippen molar-refractivity contribution in [3.05, 3.63) is 0 Å². The molecule has 1 atom stereocenters. The summed E-state index contributed by atoms with van der Waals surface area (Å²) in [5.74, 6) is 0.817. The van der Waals surface area contributed by atoms with Gasteiger partial charge in [0.1, 0.15) is 5.25 Å². The predicted molar refractivity (Wildman–Crippen MR) is 50.8 cm³/mol. The number of alkyl halides is 3. The Hall–Kier alpha value is 0.100. The summed E-state index contributed by atoms with van der Waals surface area (Å²) in [5.41, 5.74) is 5.12. The lowest BCUT2D eigenvalue weighted by Crippen LogP contribution is -2.29. The van der Waals surface area contributed by atoms with Crippen LogP contribution in [0.2, 0.25) is 0 Å². The molecule has 13 heavy (non-hydrogen) atoms. The number of thioether (sulfide) groups is 1. The minimum Gasteiger partial charge on any atom is -0.330 e. The molecule has 0 fully saturated rings. The highest BCUT2D eigenvalue weighted by molar-refractivity contribution is 7.99. The SMILES string of the molecule is CC(C)CSC(CCN)C(F)(F)F. The molecule has 0 amide bonds. The highest BCUT2D eigenvalue weighted by Gasteiger charge is 2.39. The summed E-state index contributed by atoms with van der Waals surface area (Å²) in [6.07, 6.45) is -4.10. The fourth-order valence-corrected chi connectivity index (χ4v) is 1.91. The highest BCUT2D eigenvalue weighted by atomic mass is 32.2. The first-order valence-corrected chi connectivity index (χ1v) is 5.31. The van der Waals surface area contributed by atoms with E-state index in [-0.39, 0.29) is 18.9 Å². The molecule has 5 heteroatoms. The van der Waals surface area contributed by atoms with Crippen LogP contribution in [0.1, 0.15) is 20.3 Å². The predicted octanol–water partition coefficient (Wildman–Crippen LogP) is 2.66. The second kappa shape index (κ2) is 5.75. The van der Waals surface area contributed by atoms with Gasteiger partial charge in [-0.15, -0.1) is 11.8 Å². The van der Waals surface area contributed by atoms with Crippen molar-refractivity contribution >= 4 is 11.8 Å². The Kier molecular flexibility index (Phi) is 5.80. The molecule has 0 aromatic heterocycles. The molecule has 80 valence electrons. The molecular weight excluding hydrogens is 199 g/mol. The Morgan fingerprint density at radius 1 is 1.31 bits per heavy atom. The summed E-state index contributed by atoms with van der Waals surface area (Å²) < 4.78 is 36.8. The van der Waals surface area contributed by atoms with Gasteiger partial charge in [0.2, 0.25) is 0 Å². The van der Waals surface area contributed by atoms with Crippen LogP contribution >= 0.6 is 11.8 Å². The maximum atomic E-state index is 12.3. The van der Waals surface area contributed by atoms with Gasteiger partial charge in [-0.1, -0.05) is 13.8 Å². The van der Waals surface area contributed by atoms with Gasteiger partial charge in [-0.05, 0) is 24.6 Å². The number of hydrogen-bond donors (Lipinski definition) is 1. The van der Waals surface area contributed by atoms with Gasteiger partial charge in [-0.2, -0.15) is 13.2 Å². The van der Waals surface area contributed by atoms with Crippen LogP contribution in [-0.4, -0.2) is 23.7 Å². The Bertz CT molecular complexity index is 136. The van der Waals surface area contributed by atoms with Crippen LogP contribution in [-0.2, 0) is 0 Å².